The third kappa shape index (κ3) is 4.52. The van der Waals surface area contributed by atoms with Gasteiger partial charge < -0.3 is 20.6 Å². The van der Waals surface area contributed by atoms with Crippen molar-refractivity contribution in [2.75, 3.05) is 20.6 Å². The van der Waals surface area contributed by atoms with E-state index in [1.165, 1.54) is 32.3 Å². The summed E-state index contributed by atoms with van der Waals surface area (Å²) in [6.45, 7) is 1.14. The number of carboxylic acid groups (broad SMARTS) is 1. The number of likely N-dealkylation sites (N-methyl/N-ethyl adjacent to an activating group) is 1. The maximum Gasteiger partial charge on any atom is 0.311 e. The molecule has 1 aromatic rings. The number of hydrogen-bond donors (Lipinski definition) is 3. The van der Waals surface area contributed by atoms with Gasteiger partial charge in [0.2, 0.25) is 0 Å². The Balaban J connectivity index is 1.69. The van der Waals surface area contributed by atoms with E-state index in [0.717, 1.165) is 9.80 Å². The van der Waals surface area contributed by atoms with E-state index < -0.39 is 58.2 Å². The van der Waals surface area contributed by atoms with Gasteiger partial charge >= 0.3 is 17.8 Å². The Labute approximate surface area is 217 Å². The van der Waals surface area contributed by atoms with E-state index in [9.17, 15) is 38.3 Å². The van der Waals surface area contributed by atoms with Crippen LogP contribution in [0.1, 0.15) is 36.8 Å². The van der Waals surface area contributed by atoms with E-state index in [1.807, 2.05) is 0 Å². The Morgan fingerprint density at radius 1 is 1.16 bits per heavy atom. The fourth-order valence-electron chi connectivity index (χ4n) is 5.18. The van der Waals surface area contributed by atoms with Crippen LogP contribution >= 0.6 is 0 Å². The van der Waals surface area contributed by atoms with Gasteiger partial charge in [-0.1, -0.05) is 12.1 Å². The average molecular weight is 530 g/mol. The standard InChI is InChI=1S/C25H28FN5O7/c1-13-10-14(4-5-15(13)26)11-27-18(33)16-17(32)20(35)31-12-24(23(37)38)6-8-25(9-7-24,22(31)28-16)29-19(34)21(36)30(2)3/h4-5,10,16H,6-9,11-12H2,1-3H3,(H,27,33)(H,29,34)(H,37,38). The molecule has 5 rings (SSSR count). The fraction of sp³-hybridized carbons (Fsp3) is 0.480. The first kappa shape index (κ1) is 26.9. The van der Waals surface area contributed by atoms with Crippen LogP contribution in [0.15, 0.2) is 23.2 Å². The molecule has 4 amide bonds. The third-order valence-electron chi connectivity index (χ3n) is 7.51. The monoisotopic (exact) mass is 529 g/mol. The number of nitrogens with one attached hydrogen (secondary N) is 2. The van der Waals surface area contributed by atoms with Gasteiger partial charge in [0.05, 0.1) is 11.0 Å². The number of carboxylic acids is 1. The van der Waals surface area contributed by atoms with Crippen molar-refractivity contribution in [1.29, 1.82) is 0 Å². The summed E-state index contributed by atoms with van der Waals surface area (Å²) in [4.78, 5) is 82.8. The largest absolute Gasteiger partial charge is 0.481 e. The second-order valence-electron chi connectivity index (χ2n) is 10.2. The SMILES string of the molecule is Cc1cc(CNC(=O)C2N=C3N(CC4(C(=O)O)CCC3(NC(=O)C(=O)N(C)C)CC4)C(=O)C2=O)ccc1F. The summed E-state index contributed by atoms with van der Waals surface area (Å²) in [6.07, 6.45) is 0.171. The molecule has 3 aliphatic heterocycles. The van der Waals surface area contributed by atoms with Crippen LogP contribution in [0.5, 0.6) is 0 Å². The van der Waals surface area contributed by atoms with Gasteiger partial charge in [-0.3, -0.25) is 33.7 Å². The van der Waals surface area contributed by atoms with E-state index in [0.29, 0.717) is 11.1 Å². The molecule has 0 radical (unpaired) electrons. The van der Waals surface area contributed by atoms with Crippen molar-refractivity contribution in [2.24, 2.45) is 10.4 Å². The summed E-state index contributed by atoms with van der Waals surface area (Å²) >= 11 is 0. The number of ketones is 1. The summed E-state index contributed by atoms with van der Waals surface area (Å²) in [5.74, 6) is -6.67. The lowest BCUT2D eigenvalue weighted by atomic mass is 9.68. The Hall–Kier alpha value is -4.16. The lowest BCUT2D eigenvalue weighted by molar-refractivity contribution is -0.154. The van der Waals surface area contributed by atoms with Gasteiger partial charge in [-0.2, -0.15) is 0 Å². The van der Waals surface area contributed by atoms with Crippen LogP contribution in [0.4, 0.5) is 4.39 Å². The first-order valence-electron chi connectivity index (χ1n) is 12.0. The minimum Gasteiger partial charge on any atom is -0.481 e. The van der Waals surface area contributed by atoms with Crippen LogP contribution < -0.4 is 10.6 Å². The number of Topliss-reactive ketones (excluding diaryl/α,β-unsaturated/α-hetero) is 1. The number of fused-ring (bicyclic) bond motifs is 2. The zero-order valence-electron chi connectivity index (χ0n) is 21.2. The molecular formula is C25H28FN5O7. The fourth-order valence-corrected chi connectivity index (χ4v) is 5.18. The predicted molar refractivity (Wildman–Crippen MR) is 129 cm³/mol. The molecule has 12 nitrogen and oxygen atoms in total. The van der Waals surface area contributed by atoms with Gasteiger partial charge in [0.25, 0.3) is 17.6 Å². The third-order valence-corrected chi connectivity index (χ3v) is 7.51. The van der Waals surface area contributed by atoms with Gasteiger partial charge in [-0.05, 0) is 49.8 Å². The molecule has 0 spiro atoms. The van der Waals surface area contributed by atoms with Crippen LogP contribution in [0, 0.1) is 18.2 Å². The number of aliphatic imine (C=N–C) groups is 1. The van der Waals surface area contributed by atoms with Gasteiger partial charge in [0.15, 0.2) is 6.04 Å². The number of carbonyl (C=O) groups excluding carboxylic acids is 5. The Kier molecular flexibility index (Phi) is 6.80. The number of halogens is 1. The summed E-state index contributed by atoms with van der Waals surface area (Å²) in [6, 6.07) is 2.46. The first-order valence-corrected chi connectivity index (χ1v) is 12.0. The molecule has 2 bridgehead atoms. The molecule has 3 heterocycles. The molecule has 2 saturated heterocycles. The Morgan fingerprint density at radius 3 is 2.39 bits per heavy atom. The minimum absolute atomic E-state index is 0.0335. The molecule has 3 fully saturated rings. The van der Waals surface area contributed by atoms with Crippen molar-refractivity contribution in [3.8, 4) is 0 Å². The summed E-state index contributed by atoms with van der Waals surface area (Å²) in [7, 11) is 2.78. The number of aliphatic carboxylic acids is 1. The van der Waals surface area contributed by atoms with Crippen molar-refractivity contribution in [2.45, 2.75) is 50.7 Å². The summed E-state index contributed by atoms with van der Waals surface area (Å²) in [5.41, 5.74) is -1.88. The number of rotatable bonds is 5. The average Bonchev–Trinajstić information content (AvgIpc) is 3.10. The minimum atomic E-state index is -1.77. The zero-order chi connectivity index (χ0) is 28.0. The van der Waals surface area contributed by atoms with Crippen molar-refractivity contribution in [3.63, 3.8) is 0 Å². The van der Waals surface area contributed by atoms with Crippen molar-refractivity contribution in [3.05, 3.63) is 35.1 Å². The van der Waals surface area contributed by atoms with E-state index in [-0.39, 0.29) is 44.6 Å². The second-order valence-corrected chi connectivity index (χ2v) is 10.2. The molecular weight excluding hydrogens is 501 g/mol. The molecule has 1 aromatic carbocycles. The van der Waals surface area contributed by atoms with E-state index in [4.69, 9.17) is 0 Å². The number of carbonyl (C=O) groups is 6. The molecule has 0 aromatic heterocycles. The second kappa shape index (κ2) is 9.62. The van der Waals surface area contributed by atoms with Crippen LogP contribution in [-0.4, -0.2) is 88.3 Å². The quantitative estimate of drug-likeness (QED) is 0.343. The number of amides is 4. The number of aryl methyl sites for hydroxylation is 1. The van der Waals surface area contributed by atoms with Gasteiger partial charge in [0.1, 0.15) is 11.7 Å². The summed E-state index contributed by atoms with van der Waals surface area (Å²) in [5, 5.41) is 15.1. The molecule has 1 atom stereocenters. The lowest BCUT2D eigenvalue weighted by Crippen LogP contribution is -2.65. The van der Waals surface area contributed by atoms with Gasteiger partial charge in [-0.25, -0.2) is 9.38 Å². The number of nitrogens with zero attached hydrogens (tertiary/aromatic N) is 3. The Morgan fingerprint density at radius 2 is 1.82 bits per heavy atom. The molecule has 3 N–H and O–H groups in total. The molecule has 1 unspecified atom stereocenters. The number of benzene rings is 1. The maximum atomic E-state index is 13.6. The first-order chi connectivity index (χ1) is 17.8. The van der Waals surface area contributed by atoms with E-state index in [1.54, 1.807) is 6.92 Å². The zero-order valence-corrected chi connectivity index (χ0v) is 21.2. The smallest absolute Gasteiger partial charge is 0.311 e. The van der Waals surface area contributed by atoms with Crippen molar-refractivity contribution >= 4 is 41.2 Å². The van der Waals surface area contributed by atoms with Crippen molar-refractivity contribution < 1.29 is 38.3 Å². The van der Waals surface area contributed by atoms with Crippen molar-refractivity contribution in [1.82, 2.24) is 20.4 Å². The highest BCUT2D eigenvalue weighted by atomic mass is 19.1. The van der Waals surface area contributed by atoms with Crippen LogP contribution in [0.3, 0.4) is 0 Å². The highest BCUT2D eigenvalue weighted by molar-refractivity contribution is 6.46. The van der Waals surface area contributed by atoms with E-state index >= 15 is 0 Å². The van der Waals surface area contributed by atoms with Crippen LogP contribution in [-0.2, 0) is 35.3 Å². The Bertz CT molecular complexity index is 1280. The predicted octanol–water partition coefficient (Wildman–Crippen LogP) is -0.469. The normalized spacial score (nSPS) is 26.2. The number of hydrogen-bond acceptors (Lipinski definition) is 7. The molecule has 38 heavy (non-hydrogen) atoms. The molecule has 202 valence electrons. The van der Waals surface area contributed by atoms with Crippen LogP contribution in [0.2, 0.25) is 0 Å². The highest BCUT2D eigenvalue weighted by Gasteiger charge is 2.60. The maximum absolute atomic E-state index is 13.6. The molecule has 1 aliphatic carbocycles. The lowest BCUT2D eigenvalue weighted by Gasteiger charge is -2.41. The molecule has 4 aliphatic rings. The highest BCUT2D eigenvalue weighted by Crippen LogP contribution is 2.47. The summed E-state index contributed by atoms with van der Waals surface area (Å²) < 4.78 is 13.6. The van der Waals surface area contributed by atoms with E-state index in [2.05, 4.69) is 15.6 Å². The van der Waals surface area contributed by atoms with Crippen LogP contribution in [0.25, 0.3) is 0 Å². The van der Waals surface area contributed by atoms with Gasteiger partial charge in [0, 0.05) is 27.2 Å². The van der Waals surface area contributed by atoms with Gasteiger partial charge in [-0.15, -0.1) is 0 Å². The number of amidine groups is 1. The molecule has 1 saturated carbocycles. The topological polar surface area (TPSA) is 166 Å². The molecule has 13 heteroatoms.